The molecule has 0 aliphatic heterocycles. The normalized spacial score (nSPS) is 22.3. The largest absolute Gasteiger partial charge is 0.331 e. The van der Waals surface area contributed by atoms with E-state index in [2.05, 4.69) is 22.5 Å². The van der Waals surface area contributed by atoms with Gasteiger partial charge < -0.3 is 9.55 Å². The molecule has 110 valence electrons. The number of aromatic amines is 1. The summed E-state index contributed by atoms with van der Waals surface area (Å²) in [5, 5.41) is 9.06. The van der Waals surface area contributed by atoms with E-state index in [1.807, 2.05) is 18.2 Å². The van der Waals surface area contributed by atoms with Gasteiger partial charge in [0.2, 0.25) is 0 Å². The van der Waals surface area contributed by atoms with Gasteiger partial charge in [-0.05, 0) is 55.1 Å². The zero-order valence-electron chi connectivity index (χ0n) is 12.4. The first-order valence-electron chi connectivity index (χ1n) is 7.80. The summed E-state index contributed by atoms with van der Waals surface area (Å²) in [6.45, 7) is 3.31. The molecular formula is C17H21N3S. The number of imidazole rings is 1. The molecule has 3 rings (SSSR count). The Morgan fingerprint density at radius 1 is 1.43 bits per heavy atom. The van der Waals surface area contributed by atoms with Crippen molar-refractivity contribution in [1.29, 1.82) is 5.26 Å². The highest BCUT2D eigenvalue weighted by atomic mass is 32.1. The molecule has 4 heteroatoms. The van der Waals surface area contributed by atoms with Crippen molar-refractivity contribution in [1.82, 2.24) is 9.55 Å². The topological polar surface area (TPSA) is 44.5 Å². The van der Waals surface area contributed by atoms with Crippen LogP contribution in [0.5, 0.6) is 0 Å². The third-order valence-electron chi connectivity index (χ3n) is 4.71. The lowest BCUT2D eigenvalue weighted by Crippen LogP contribution is -2.15. The second-order valence-electron chi connectivity index (χ2n) is 6.35. The van der Waals surface area contributed by atoms with Gasteiger partial charge in [-0.2, -0.15) is 5.26 Å². The van der Waals surface area contributed by atoms with Gasteiger partial charge in [0.05, 0.1) is 22.7 Å². The van der Waals surface area contributed by atoms with Crippen LogP contribution in [0.3, 0.4) is 0 Å². The highest BCUT2D eigenvalue weighted by Crippen LogP contribution is 2.31. The Balaban J connectivity index is 1.81. The summed E-state index contributed by atoms with van der Waals surface area (Å²) >= 11 is 5.45. The van der Waals surface area contributed by atoms with Gasteiger partial charge in [-0.15, -0.1) is 0 Å². The molecule has 1 aliphatic carbocycles. The second-order valence-corrected chi connectivity index (χ2v) is 6.74. The summed E-state index contributed by atoms with van der Waals surface area (Å²) in [5.74, 6) is 1.68. The smallest absolute Gasteiger partial charge is 0.178 e. The quantitative estimate of drug-likeness (QED) is 0.828. The highest BCUT2D eigenvalue weighted by molar-refractivity contribution is 7.71. The van der Waals surface area contributed by atoms with Crippen LogP contribution in [0.1, 0.15) is 44.6 Å². The number of nitrogens with zero attached hydrogens (tertiary/aromatic N) is 2. The predicted molar refractivity (Wildman–Crippen MR) is 87.6 cm³/mol. The van der Waals surface area contributed by atoms with E-state index in [0.29, 0.717) is 5.56 Å². The summed E-state index contributed by atoms with van der Waals surface area (Å²) < 4.78 is 2.93. The van der Waals surface area contributed by atoms with Crippen LogP contribution < -0.4 is 0 Å². The maximum Gasteiger partial charge on any atom is 0.178 e. The van der Waals surface area contributed by atoms with Gasteiger partial charge in [0.25, 0.3) is 0 Å². The minimum Gasteiger partial charge on any atom is -0.331 e. The number of fused-ring (bicyclic) bond motifs is 1. The molecule has 0 amide bonds. The number of aromatic nitrogens is 2. The molecule has 2 unspecified atom stereocenters. The molecule has 21 heavy (non-hydrogen) atoms. The standard InChI is InChI=1S/C17H21N3S/c1-12-3-2-4-13(9-12)7-8-20-16-10-14(11-18)5-6-15(16)19-17(20)21/h5-6,10,12-13H,2-4,7-9H2,1H3,(H,19,21). The van der Waals surface area contributed by atoms with Crippen molar-refractivity contribution in [2.75, 3.05) is 0 Å². The van der Waals surface area contributed by atoms with Gasteiger partial charge in [0, 0.05) is 6.54 Å². The van der Waals surface area contributed by atoms with E-state index >= 15 is 0 Å². The summed E-state index contributed by atoms with van der Waals surface area (Å²) in [6, 6.07) is 7.92. The molecule has 0 bridgehead atoms. The minimum absolute atomic E-state index is 0.691. The van der Waals surface area contributed by atoms with E-state index in [1.54, 1.807) is 0 Å². The highest BCUT2D eigenvalue weighted by Gasteiger charge is 2.19. The van der Waals surface area contributed by atoms with Gasteiger partial charge in [-0.25, -0.2) is 0 Å². The van der Waals surface area contributed by atoms with Gasteiger partial charge >= 0.3 is 0 Å². The van der Waals surface area contributed by atoms with Crippen LogP contribution in [-0.2, 0) is 6.54 Å². The first kappa shape index (κ1) is 14.3. The molecule has 0 saturated heterocycles. The average molecular weight is 299 g/mol. The van der Waals surface area contributed by atoms with Gasteiger partial charge in [-0.1, -0.05) is 26.2 Å². The Bertz CT molecular complexity index is 735. The molecule has 2 atom stereocenters. The molecule has 3 nitrogen and oxygen atoms in total. The Morgan fingerprint density at radius 3 is 3.05 bits per heavy atom. The lowest BCUT2D eigenvalue weighted by Gasteiger charge is -2.26. The fourth-order valence-electron chi connectivity index (χ4n) is 3.58. The number of nitrogens with one attached hydrogen (secondary N) is 1. The Hall–Kier alpha value is -1.60. The van der Waals surface area contributed by atoms with Crippen molar-refractivity contribution >= 4 is 23.3 Å². The summed E-state index contributed by atoms with van der Waals surface area (Å²) in [4.78, 5) is 3.24. The van der Waals surface area contributed by atoms with Gasteiger partial charge in [0.1, 0.15) is 0 Å². The van der Waals surface area contributed by atoms with E-state index in [4.69, 9.17) is 17.5 Å². The number of benzene rings is 1. The number of hydrogen-bond acceptors (Lipinski definition) is 2. The van der Waals surface area contributed by atoms with Crippen LogP contribution in [-0.4, -0.2) is 9.55 Å². The number of H-pyrrole nitrogens is 1. The molecule has 0 spiro atoms. The average Bonchev–Trinajstić information content (AvgIpc) is 2.79. The molecule has 1 aromatic carbocycles. The summed E-state index contributed by atoms with van der Waals surface area (Å²) in [5.41, 5.74) is 2.77. The number of aryl methyl sites for hydroxylation is 1. The van der Waals surface area contributed by atoms with Crippen LogP contribution in [0.25, 0.3) is 11.0 Å². The fourth-order valence-corrected chi connectivity index (χ4v) is 3.88. The zero-order chi connectivity index (χ0) is 14.8. The lowest BCUT2D eigenvalue weighted by molar-refractivity contribution is 0.261. The van der Waals surface area contributed by atoms with E-state index in [-0.39, 0.29) is 0 Å². The van der Waals surface area contributed by atoms with E-state index in [9.17, 15) is 0 Å². The summed E-state index contributed by atoms with van der Waals surface area (Å²) in [6.07, 6.45) is 6.63. The monoisotopic (exact) mass is 299 g/mol. The molecule has 1 aromatic heterocycles. The first-order valence-corrected chi connectivity index (χ1v) is 8.21. The maximum atomic E-state index is 9.06. The molecule has 1 heterocycles. The lowest BCUT2D eigenvalue weighted by atomic mass is 9.81. The van der Waals surface area contributed by atoms with Crippen LogP contribution in [0, 0.1) is 27.9 Å². The molecule has 1 saturated carbocycles. The van der Waals surface area contributed by atoms with Gasteiger partial charge in [0.15, 0.2) is 4.77 Å². The SMILES string of the molecule is CC1CCCC(CCn2c(=S)[nH]c3ccc(C#N)cc32)C1. The molecule has 1 N–H and O–H groups in total. The minimum atomic E-state index is 0.691. The molecule has 1 fully saturated rings. The van der Waals surface area contributed by atoms with E-state index in [0.717, 1.165) is 34.2 Å². The third kappa shape index (κ3) is 3.03. The van der Waals surface area contributed by atoms with E-state index in [1.165, 1.54) is 32.1 Å². The first-order chi connectivity index (χ1) is 10.2. The van der Waals surface area contributed by atoms with Crippen LogP contribution >= 0.6 is 12.2 Å². The molecular weight excluding hydrogens is 278 g/mol. The van der Waals surface area contributed by atoms with Gasteiger partial charge in [-0.3, -0.25) is 0 Å². The van der Waals surface area contributed by atoms with Crippen molar-refractivity contribution in [3.05, 3.63) is 28.5 Å². The van der Waals surface area contributed by atoms with Crippen molar-refractivity contribution in [3.8, 4) is 6.07 Å². The van der Waals surface area contributed by atoms with Crippen molar-refractivity contribution in [2.45, 2.75) is 45.6 Å². The number of nitriles is 1. The Kier molecular flexibility index (Phi) is 4.12. The van der Waals surface area contributed by atoms with Crippen molar-refractivity contribution in [2.24, 2.45) is 11.8 Å². The van der Waals surface area contributed by atoms with E-state index < -0.39 is 0 Å². The maximum absolute atomic E-state index is 9.06. The van der Waals surface area contributed by atoms with Crippen LogP contribution in [0.4, 0.5) is 0 Å². The predicted octanol–water partition coefficient (Wildman–Crippen LogP) is 4.79. The fraction of sp³-hybridized carbons (Fsp3) is 0.529. The molecule has 1 aliphatic rings. The molecule has 2 aromatic rings. The Labute approximate surface area is 130 Å². The number of rotatable bonds is 3. The zero-order valence-corrected chi connectivity index (χ0v) is 13.2. The van der Waals surface area contributed by atoms with Crippen LogP contribution in [0.2, 0.25) is 0 Å². The number of hydrogen-bond donors (Lipinski definition) is 1. The van der Waals surface area contributed by atoms with Crippen molar-refractivity contribution in [3.63, 3.8) is 0 Å². The second kappa shape index (κ2) is 6.03. The van der Waals surface area contributed by atoms with Crippen molar-refractivity contribution < 1.29 is 0 Å². The third-order valence-corrected chi connectivity index (χ3v) is 5.03. The van der Waals surface area contributed by atoms with Crippen LogP contribution in [0.15, 0.2) is 18.2 Å². The summed E-state index contributed by atoms with van der Waals surface area (Å²) in [7, 11) is 0. The molecule has 0 radical (unpaired) electrons. The Morgan fingerprint density at radius 2 is 2.29 bits per heavy atom.